The molecule has 1 aliphatic heterocycles. The van der Waals surface area contributed by atoms with E-state index in [4.69, 9.17) is 4.98 Å². The van der Waals surface area contributed by atoms with Crippen LogP contribution in [0.3, 0.4) is 0 Å². The molecule has 1 aliphatic rings. The van der Waals surface area contributed by atoms with Crippen LogP contribution >= 0.6 is 11.3 Å². The lowest BCUT2D eigenvalue weighted by Gasteiger charge is -2.23. The molecule has 124 valence electrons. The maximum absolute atomic E-state index is 13.1. The highest BCUT2D eigenvalue weighted by Crippen LogP contribution is 2.37. The van der Waals surface area contributed by atoms with Gasteiger partial charge in [-0.3, -0.25) is 9.89 Å². The second-order valence-electron chi connectivity index (χ2n) is 6.35. The molecule has 5 rings (SSSR count). The second kappa shape index (κ2) is 5.67. The van der Waals surface area contributed by atoms with Crippen molar-refractivity contribution in [3.63, 3.8) is 0 Å². The standard InChI is InChI=1S/C19H16N4OS/c24-19(12-7-8-13-11-20-22-15(13)10-12)23-9-3-5-16(23)18-21-14-4-1-2-6-17(14)25-18/h1-2,4,6-8,10-11,16H,3,5,9H2,(H,20,22)/t16-/m1/s1. The van der Waals surface area contributed by atoms with E-state index in [-0.39, 0.29) is 11.9 Å². The highest BCUT2D eigenvalue weighted by Gasteiger charge is 2.32. The van der Waals surface area contributed by atoms with Gasteiger partial charge in [-0.05, 0) is 37.1 Å². The number of carbonyl (C=O) groups excluding carboxylic acids is 1. The number of hydrogen-bond acceptors (Lipinski definition) is 4. The number of benzene rings is 2. The Morgan fingerprint density at radius 3 is 3.08 bits per heavy atom. The molecule has 1 amide bonds. The monoisotopic (exact) mass is 348 g/mol. The highest BCUT2D eigenvalue weighted by molar-refractivity contribution is 7.18. The van der Waals surface area contributed by atoms with Gasteiger partial charge in [0.2, 0.25) is 0 Å². The molecule has 0 aliphatic carbocycles. The lowest BCUT2D eigenvalue weighted by Crippen LogP contribution is -2.30. The minimum absolute atomic E-state index is 0.0678. The molecule has 0 spiro atoms. The largest absolute Gasteiger partial charge is 0.329 e. The molecule has 6 heteroatoms. The predicted octanol–water partition coefficient (Wildman–Crippen LogP) is 4.15. The SMILES string of the molecule is O=C(c1ccc2cn[nH]c2c1)N1CCC[C@@H]1c1nc2ccccc2s1. The predicted molar refractivity (Wildman–Crippen MR) is 98.7 cm³/mol. The molecule has 4 aromatic rings. The van der Waals surface area contributed by atoms with E-state index in [2.05, 4.69) is 16.3 Å². The third-order valence-electron chi connectivity index (χ3n) is 4.80. The average molecular weight is 348 g/mol. The topological polar surface area (TPSA) is 61.9 Å². The Kier molecular flexibility index (Phi) is 3.31. The highest BCUT2D eigenvalue weighted by atomic mass is 32.1. The molecular formula is C19H16N4OS. The molecule has 25 heavy (non-hydrogen) atoms. The first kappa shape index (κ1) is 14.6. The van der Waals surface area contributed by atoms with Crippen molar-refractivity contribution >= 4 is 38.4 Å². The Morgan fingerprint density at radius 1 is 1.24 bits per heavy atom. The summed E-state index contributed by atoms with van der Waals surface area (Å²) in [7, 11) is 0. The van der Waals surface area contributed by atoms with Gasteiger partial charge in [0.05, 0.1) is 28.0 Å². The lowest BCUT2D eigenvalue weighted by atomic mass is 10.1. The van der Waals surface area contributed by atoms with Crippen molar-refractivity contribution in [1.29, 1.82) is 0 Å². The number of hydrogen-bond donors (Lipinski definition) is 1. The number of para-hydroxylation sites is 1. The summed E-state index contributed by atoms with van der Waals surface area (Å²) in [4.78, 5) is 19.8. The molecule has 0 bridgehead atoms. The molecule has 1 N–H and O–H groups in total. The molecule has 1 saturated heterocycles. The fraction of sp³-hybridized carbons (Fsp3) is 0.211. The average Bonchev–Trinajstić information content (AvgIpc) is 3.37. The van der Waals surface area contributed by atoms with Gasteiger partial charge in [-0.25, -0.2) is 4.98 Å². The maximum atomic E-state index is 13.1. The molecule has 2 aromatic carbocycles. The van der Waals surface area contributed by atoms with Crippen molar-refractivity contribution in [3.05, 3.63) is 59.2 Å². The minimum Gasteiger partial charge on any atom is -0.329 e. The zero-order valence-corrected chi connectivity index (χ0v) is 14.3. The van der Waals surface area contributed by atoms with Gasteiger partial charge in [-0.15, -0.1) is 11.3 Å². The summed E-state index contributed by atoms with van der Waals surface area (Å²) >= 11 is 1.69. The van der Waals surface area contributed by atoms with E-state index in [9.17, 15) is 4.79 Å². The Labute approximate surface area is 148 Å². The molecule has 1 atom stereocenters. The summed E-state index contributed by atoms with van der Waals surface area (Å²) < 4.78 is 1.18. The first-order valence-corrected chi connectivity index (χ1v) is 9.21. The number of aromatic amines is 1. The normalized spacial score (nSPS) is 17.6. The summed E-state index contributed by atoms with van der Waals surface area (Å²) in [5.74, 6) is 0.0678. The van der Waals surface area contributed by atoms with Crippen LogP contribution in [0.2, 0.25) is 0 Å². The van der Waals surface area contributed by atoms with Crippen molar-refractivity contribution in [2.24, 2.45) is 0 Å². The van der Waals surface area contributed by atoms with Crippen molar-refractivity contribution in [3.8, 4) is 0 Å². The van der Waals surface area contributed by atoms with Gasteiger partial charge in [-0.1, -0.05) is 18.2 Å². The number of thiazole rings is 1. The van der Waals surface area contributed by atoms with E-state index in [1.807, 2.05) is 41.3 Å². The minimum atomic E-state index is 0.0678. The maximum Gasteiger partial charge on any atom is 0.254 e. The van der Waals surface area contributed by atoms with Crippen LogP contribution in [0, 0.1) is 0 Å². The number of fused-ring (bicyclic) bond motifs is 2. The zero-order chi connectivity index (χ0) is 16.8. The first-order valence-electron chi connectivity index (χ1n) is 8.39. The molecule has 3 heterocycles. The molecule has 1 fully saturated rings. The second-order valence-corrected chi connectivity index (χ2v) is 7.41. The van der Waals surface area contributed by atoms with Crippen LogP contribution in [-0.2, 0) is 0 Å². The Balaban J connectivity index is 1.50. The quantitative estimate of drug-likeness (QED) is 0.592. The third-order valence-corrected chi connectivity index (χ3v) is 5.94. The molecule has 0 unspecified atom stereocenters. The van der Waals surface area contributed by atoms with E-state index in [0.717, 1.165) is 40.8 Å². The smallest absolute Gasteiger partial charge is 0.254 e. The van der Waals surface area contributed by atoms with Crippen molar-refractivity contribution in [1.82, 2.24) is 20.1 Å². The molecule has 0 radical (unpaired) electrons. The summed E-state index contributed by atoms with van der Waals surface area (Å²) in [5, 5.41) is 9.01. The van der Waals surface area contributed by atoms with E-state index < -0.39 is 0 Å². The van der Waals surface area contributed by atoms with E-state index in [0.29, 0.717) is 5.56 Å². The van der Waals surface area contributed by atoms with Gasteiger partial charge < -0.3 is 4.90 Å². The number of aromatic nitrogens is 3. The van der Waals surface area contributed by atoms with E-state index in [1.54, 1.807) is 17.5 Å². The van der Waals surface area contributed by atoms with Crippen molar-refractivity contribution in [2.75, 3.05) is 6.54 Å². The third kappa shape index (κ3) is 2.41. The summed E-state index contributed by atoms with van der Waals surface area (Å²) in [6.07, 6.45) is 3.75. The number of H-pyrrole nitrogens is 1. The van der Waals surface area contributed by atoms with Gasteiger partial charge in [0.1, 0.15) is 5.01 Å². The number of amides is 1. The Bertz CT molecular complexity index is 1050. The van der Waals surface area contributed by atoms with E-state index >= 15 is 0 Å². The summed E-state index contributed by atoms with van der Waals surface area (Å²) in [6.45, 7) is 0.778. The lowest BCUT2D eigenvalue weighted by molar-refractivity contribution is 0.0735. The number of likely N-dealkylation sites (tertiary alicyclic amines) is 1. The van der Waals surface area contributed by atoms with Gasteiger partial charge in [0, 0.05) is 17.5 Å². The van der Waals surface area contributed by atoms with Crippen LogP contribution in [-0.4, -0.2) is 32.5 Å². The van der Waals surface area contributed by atoms with Crippen LogP contribution in [0.4, 0.5) is 0 Å². The Hall–Kier alpha value is -2.73. The molecule has 2 aromatic heterocycles. The van der Waals surface area contributed by atoms with Crippen LogP contribution < -0.4 is 0 Å². The number of nitrogens with zero attached hydrogens (tertiary/aromatic N) is 3. The van der Waals surface area contributed by atoms with Crippen LogP contribution in [0.15, 0.2) is 48.7 Å². The number of carbonyl (C=O) groups is 1. The summed E-state index contributed by atoms with van der Waals surface area (Å²) in [5.41, 5.74) is 2.60. The van der Waals surface area contributed by atoms with Gasteiger partial charge in [-0.2, -0.15) is 5.10 Å². The van der Waals surface area contributed by atoms with E-state index in [1.165, 1.54) is 4.70 Å². The Morgan fingerprint density at radius 2 is 2.16 bits per heavy atom. The zero-order valence-electron chi connectivity index (χ0n) is 13.5. The first-order chi connectivity index (χ1) is 12.3. The molecule has 5 nitrogen and oxygen atoms in total. The fourth-order valence-corrected chi connectivity index (χ4v) is 4.65. The van der Waals surface area contributed by atoms with Crippen molar-refractivity contribution < 1.29 is 4.79 Å². The fourth-order valence-electron chi connectivity index (χ4n) is 3.53. The van der Waals surface area contributed by atoms with Crippen LogP contribution in [0.25, 0.3) is 21.1 Å². The van der Waals surface area contributed by atoms with Crippen molar-refractivity contribution in [2.45, 2.75) is 18.9 Å². The van der Waals surface area contributed by atoms with Gasteiger partial charge >= 0.3 is 0 Å². The molecular weight excluding hydrogens is 332 g/mol. The number of nitrogens with one attached hydrogen (secondary N) is 1. The van der Waals surface area contributed by atoms with Crippen LogP contribution in [0.1, 0.15) is 34.2 Å². The summed E-state index contributed by atoms with van der Waals surface area (Å²) in [6, 6.07) is 13.9. The number of rotatable bonds is 2. The van der Waals surface area contributed by atoms with Crippen LogP contribution in [0.5, 0.6) is 0 Å². The molecule has 0 saturated carbocycles. The van der Waals surface area contributed by atoms with Gasteiger partial charge in [0.25, 0.3) is 5.91 Å². The van der Waals surface area contributed by atoms with Gasteiger partial charge in [0.15, 0.2) is 0 Å².